The molecule has 0 heterocycles. The number of rotatable bonds is 7. The fourth-order valence-corrected chi connectivity index (χ4v) is 2.38. The zero-order valence-electron chi connectivity index (χ0n) is 14.4. The van der Waals surface area contributed by atoms with E-state index in [0.29, 0.717) is 17.2 Å². The molecule has 0 bridgehead atoms. The molecule has 6 heteroatoms. The number of hydrogen-bond donors (Lipinski definition) is 2. The Kier molecular flexibility index (Phi) is 5.64. The van der Waals surface area contributed by atoms with Gasteiger partial charge in [0.05, 0.1) is 12.5 Å². The number of para-hydroxylation sites is 1. The summed E-state index contributed by atoms with van der Waals surface area (Å²) in [5, 5.41) is 11.5. The van der Waals surface area contributed by atoms with E-state index in [0.717, 1.165) is 5.56 Å². The smallest absolute Gasteiger partial charge is 0.341 e. The van der Waals surface area contributed by atoms with Crippen LogP contribution in [-0.2, 0) is 15.0 Å². The third kappa shape index (κ3) is 4.50. The zero-order valence-corrected chi connectivity index (χ0v) is 14.4. The van der Waals surface area contributed by atoms with E-state index in [1.54, 1.807) is 31.4 Å². The molecule has 0 aliphatic rings. The van der Waals surface area contributed by atoms with E-state index in [-0.39, 0.29) is 5.91 Å². The van der Waals surface area contributed by atoms with E-state index < -0.39 is 18.0 Å². The summed E-state index contributed by atoms with van der Waals surface area (Å²) in [6.07, 6.45) is 0. The number of carboxylic acid groups (broad SMARTS) is 1. The molecule has 0 unspecified atom stereocenters. The van der Waals surface area contributed by atoms with Gasteiger partial charge in [0, 0.05) is 17.3 Å². The summed E-state index contributed by atoms with van der Waals surface area (Å²) in [5.74, 6) is -0.268. The summed E-state index contributed by atoms with van der Waals surface area (Å²) in [5.41, 5.74) is 0.467. The third-order valence-electron chi connectivity index (χ3n) is 3.80. The summed E-state index contributed by atoms with van der Waals surface area (Å²) >= 11 is 0. The molecule has 1 amide bonds. The molecule has 2 N–H and O–H groups in total. The van der Waals surface area contributed by atoms with Crippen LogP contribution in [0.25, 0.3) is 0 Å². The maximum Gasteiger partial charge on any atom is 0.341 e. The molecule has 0 atom stereocenters. The second-order valence-corrected chi connectivity index (χ2v) is 5.99. The standard InChI is InChI=1S/C19H21NO5/c1-19(2,15-9-4-5-10-16(15)24-3)18(23)20-13-7-6-8-14(11-13)25-12-17(21)22/h4-11H,12H2,1-3H3,(H,20,23)(H,21,22). The first-order valence-corrected chi connectivity index (χ1v) is 7.74. The molecule has 25 heavy (non-hydrogen) atoms. The quantitative estimate of drug-likeness (QED) is 0.807. The van der Waals surface area contributed by atoms with Gasteiger partial charge in [-0.2, -0.15) is 0 Å². The predicted octanol–water partition coefficient (Wildman–Crippen LogP) is 3.07. The Labute approximate surface area is 146 Å². The number of aliphatic carboxylic acids is 1. The molecule has 2 rings (SSSR count). The fraction of sp³-hybridized carbons (Fsp3) is 0.263. The molecule has 0 spiro atoms. The molecule has 0 aromatic heterocycles. The van der Waals surface area contributed by atoms with Crippen LogP contribution in [0, 0.1) is 0 Å². The highest BCUT2D eigenvalue weighted by Gasteiger charge is 2.32. The number of carbonyl (C=O) groups is 2. The lowest BCUT2D eigenvalue weighted by Crippen LogP contribution is -2.35. The third-order valence-corrected chi connectivity index (χ3v) is 3.80. The summed E-state index contributed by atoms with van der Waals surface area (Å²) in [6.45, 7) is 3.18. The highest BCUT2D eigenvalue weighted by atomic mass is 16.5. The average Bonchev–Trinajstić information content (AvgIpc) is 2.60. The van der Waals surface area contributed by atoms with Gasteiger partial charge in [0.2, 0.25) is 5.91 Å². The van der Waals surface area contributed by atoms with Crippen LogP contribution in [0.1, 0.15) is 19.4 Å². The Morgan fingerprint density at radius 1 is 1.12 bits per heavy atom. The van der Waals surface area contributed by atoms with Crippen LogP contribution in [-0.4, -0.2) is 30.7 Å². The molecule has 0 aliphatic carbocycles. The van der Waals surface area contributed by atoms with Crippen molar-refractivity contribution in [1.29, 1.82) is 0 Å². The van der Waals surface area contributed by atoms with Gasteiger partial charge in [-0.3, -0.25) is 4.79 Å². The Bertz CT molecular complexity index is 770. The number of carbonyl (C=O) groups excluding carboxylic acids is 1. The summed E-state index contributed by atoms with van der Waals surface area (Å²) in [6, 6.07) is 14.0. The van der Waals surface area contributed by atoms with Gasteiger partial charge in [-0.25, -0.2) is 4.79 Å². The van der Waals surface area contributed by atoms with Crippen LogP contribution in [0.4, 0.5) is 5.69 Å². The van der Waals surface area contributed by atoms with Crippen molar-refractivity contribution < 1.29 is 24.2 Å². The van der Waals surface area contributed by atoms with Crippen molar-refractivity contribution in [1.82, 2.24) is 0 Å². The van der Waals surface area contributed by atoms with Gasteiger partial charge >= 0.3 is 5.97 Å². The van der Waals surface area contributed by atoms with Crippen molar-refractivity contribution in [3.63, 3.8) is 0 Å². The highest BCUT2D eigenvalue weighted by Crippen LogP contribution is 2.32. The Hall–Kier alpha value is -3.02. The minimum atomic E-state index is -1.06. The molecule has 132 valence electrons. The van der Waals surface area contributed by atoms with Crippen molar-refractivity contribution in [2.45, 2.75) is 19.3 Å². The van der Waals surface area contributed by atoms with Crippen molar-refractivity contribution >= 4 is 17.6 Å². The van der Waals surface area contributed by atoms with Crippen LogP contribution in [0.3, 0.4) is 0 Å². The maximum atomic E-state index is 12.8. The minimum Gasteiger partial charge on any atom is -0.496 e. The largest absolute Gasteiger partial charge is 0.496 e. The van der Waals surface area contributed by atoms with Crippen LogP contribution < -0.4 is 14.8 Å². The average molecular weight is 343 g/mol. The topological polar surface area (TPSA) is 84.9 Å². The van der Waals surface area contributed by atoms with Crippen LogP contribution >= 0.6 is 0 Å². The SMILES string of the molecule is COc1ccccc1C(C)(C)C(=O)Nc1cccc(OCC(=O)O)c1. The first-order valence-electron chi connectivity index (χ1n) is 7.74. The molecular weight excluding hydrogens is 322 g/mol. The molecule has 0 aliphatic heterocycles. The number of methoxy groups -OCH3 is 1. The summed E-state index contributed by atoms with van der Waals surface area (Å²) < 4.78 is 10.5. The molecule has 6 nitrogen and oxygen atoms in total. The number of anilines is 1. The molecule has 0 saturated heterocycles. The van der Waals surface area contributed by atoms with Crippen molar-refractivity contribution in [2.24, 2.45) is 0 Å². The lowest BCUT2D eigenvalue weighted by atomic mass is 9.83. The number of amides is 1. The van der Waals surface area contributed by atoms with E-state index in [2.05, 4.69) is 5.32 Å². The first-order chi connectivity index (χ1) is 11.8. The molecule has 0 fully saturated rings. The number of ether oxygens (including phenoxy) is 2. The molecule has 2 aromatic carbocycles. The van der Waals surface area contributed by atoms with E-state index in [4.69, 9.17) is 14.6 Å². The minimum absolute atomic E-state index is 0.215. The normalized spacial score (nSPS) is 10.8. The fourth-order valence-electron chi connectivity index (χ4n) is 2.38. The highest BCUT2D eigenvalue weighted by molar-refractivity contribution is 5.99. The maximum absolute atomic E-state index is 12.8. The number of nitrogens with one attached hydrogen (secondary N) is 1. The van der Waals surface area contributed by atoms with Gasteiger partial charge in [0.15, 0.2) is 6.61 Å². The van der Waals surface area contributed by atoms with Crippen molar-refractivity contribution in [3.05, 3.63) is 54.1 Å². The van der Waals surface area contributed by atoms with Gasteiger partial charge in [0.1, 0.15) is 11.5 Å². The predicted molar refractivity (Wildman–Crippen MR) is 94.2 cm³/mol. The molecule has 0 radical (unpaired) electrons. The van der Waals surface area contributed by atoms with Crippen LogP contribution in [0.2, 0.25) is 0 Å². The Morgan fingerprint density at radius 2 is 1.84 bits per heavy atom. The Balaban J connectivity index is 2.18. The number of benzene rings is 2. The molecule has 0 saturated carbocycles. The van der Waals surface area contributed by atoms with Crippen LogP contribution in [0.5, 0.6) is 11.5 Å². The van der Waals surface area contributed by atoms with Crippen molar-refractivity contribution in [2.75, 3.05) is 19.0 Å². The van der Waals surface area contributed by atoms with Crippen molar-refractivity contribution in [3.8, 4) is 11.5 Å². The second kappa shape index (κ2) is 7.70. The summed E-state index contributed by atoms with van der Waals surface area (Å²) in [7, 11) is 1.57. The Morgan fingerprint density at radius 3 is 2.52 bits per heavy atom. The molecular formula is C19H21NO5. The van der Waals surface area contributed by atoms with Gasteiger partial charge < -0.3 is 19.9 Å². The molecule has 2 aromatic rings. The van der Waals surface area contributed by atoms with Gasteiger partial charge in [-0.1, -0.05) is 24.3 Å². The summed E-state index contributed by atoms with van der Waals surface area (Å²) in [4.78, 5) is 23.4. The van der Waals surface area contributed by atoms with Gasteiger partial charge in [0.25, 0.3) is 0 Å². The monoisotopic (exact) mass is 343 g/mol. The van der Waals surface area contributed by atoms with E-state index >= 15 is 0 Å². The lowest BCUT2D eigenvalue weighted by Gasteiger charge is -2.26. The van der Waals surface area contributed by atoms with E-state index in [1.807, 2.05) is 38.1 Å². The van der Waals surface area contributed by atoms with Gasteiger partial charge in [-0.15, -0.1) is 0 Å². The van der Waals surface area contributed by atoms with Crippen LogP contribution in [0.15, 0.2) is 48.5 Å². The first kappa shape index (κ1) is 18.3. The lowest BCUT2D eigenvalue weighted by molar-refractivity contribution is -0.139. The van der Waals surface area contributed by atoms with E-state index in [1.165, 1.54) is 0 Å². The van der Waals surface area contributed by atoms with Gasteiger partial charge in [-0.05, 0) is 32.0 Å². The van der Waals surface area contributed by atoms with E-state index in [9.17, 15) is 9.59 Å². The zero-order chi connectivity index (χ0) is 18.4. The number of carboxylic acids is 1. The second-order valence-electron chi connectivity index (χ2n) is 5.99. The number of hydrogen-bond acceptors (Lipinski definition) is 4.